The van der Waals surface area contributed by atoms with E-state index in [0.717, 1.165) is 27.0 Å². The van der Waals surface area contributed by atoms with Gasteiger partial charge in [-0.2, -0.15) is 0 Å². The number of benzene rings is 2. The topological polar surface area (TPSA) is 55.3 Å². The number of fused-ring (bicyclic) bond motifs is 1. The van der Waals surface area contributed by atoms with Crippen molar-refractivity contribution in [3.63, 3.8) is 0 Å². The highest BCUT2D eigenvalue weighted by atomic mass is 32.1. The number of pyridine rings is 1. The number of amides is 1. The van der Waals surface area contributed by atoms with Gasteiger partial charge in [0.05, 0.1) is 22.5 Å². The number of ether oxygens (including phenoxy) is 1. The Labute approximate surface area is 180 Å². The van der Waals surface area contributed by atoms with Crippen molar-refractivity contribution >= 4 is 32.6 Å². The predicted molar refractivity (Wildman–Crippen MR) is 121 cm³/mol. The fourth-order valence-corrected chi connectivity index (χ4v) is 4.48. The number of hydrogen-bond acceptors (Lipinski definition) is 5. The van der Waals surface area contributed by atoms with Crippen molar-refractivity contribution in [1.82, 2.24) is 9.97 Å². The molecule has 152 valence electrons. The standard InChI is InChI=1S/C24H23N3O2S/c1-16-12-18(3)23-21(13-16)30-24(26-23)27(14-19-9-6-7-11-25-19)22(28)15-29-20-10-5-4-8-17(20)2/h4-13H,14-15H2,1-3H3. The van der Waals surface area contributed by atoms with Gasteiger partial charge in [0.15, 0.2) is 11.7 Å². The summed E-state index contributed by atoms with van der Waals surface area (Å²) in [7, 11) is 0. The summed E-state index contributed by atoms with van der Waals surface area (Å²) in [5.74, 6) is 0.553. The van der Waals surface area contributed by atoms with Crippen LogP contribution in [0.1, 0.15) is 22.4 Å². The number of carbonyl (C=O) groups excluding carboxylic acids is 1. The van der Waals surface area contributed by atoms with Crippen LogP contribution in [0, 0.1) is 20.8 Å². The first-order valence-electron chi connectivity index (χ1n) is 9.78. The van der Waals surface area contributed by atoms with Gasteiger partial charge in [0.1, 0.15) is 5.75 Å². The molecule has 0 N–H and O–H groups in total. The molecule has 1 amide bonds. The number of carbonyl (C=O) groups is 1. The van der Waals surface area contributed by atoms with Gasteiger partial charge >= 0.3 is 0 Å². The van der Waals surface area contributed by atoms with Crippen molar-refractivity contribution in [2.75, 3.05) is 11.5 Å². The number of hydrogen-bond donors (Lipinski definition) is 0. The van der Waals surface area contributed by atoms with Crippen LogP contribution in [-0.4, -0.2) is 22.5 Å². The predicted octanol–water partition coefficient (Wildman–Crippen LogP) is 5.23. The van der Waals surface area contributed by atoms with E-state index in [9.17, 15) is 4.79 Å². The van der Waals surface area contributed by atoms with Crippen LogP contribution >= 0.6 is 11.3 Å². The van der Waals surface area contributed by atoms with Crippen molar-refractivity contribution in [2.24, 2.45) is 0 Å². The molecular weight excluding hydrogens is 394 g/mol. The molecule has 6 heteroatoms. The number of aromatic nitrogens is 2. The Morgan fingerprint density at radius 3 is 2.60 bits per heavy atom. The van der Waals surface area contributed by atoms with Gasteiger partial charge in [-0.3, -0.25) is 14.7 Å². The number of rotatable bonds is 6. The molecule has 0 aliphatic carbocycles. The highest BCUT2D eigenvalue weighted by Crippen LogP contribution is 2.32. The molecule has 0 radical (unpaired) electrons. The Morgan fingerprint density at radius 1 is 1.03 bits per heavy atom. The minimum Gasteiger partial charge on any atom is -0.483 e. The molecule has 2 aromatic heterocycles. The van der Waals surface area contributed by atoms with E-state index in [1.165, 1.54) is 16.9 Å². The second-order valence-electron chi connectivity index (χ2n) is 7.28. The lowest BCUT2D eigenvalue weighted by molar-refractivity contribution is -0.120. The minimum atomic E-state index is -0.155. The van der Waals surface area contributed by atoms with E-state index in [2.05, 4.69) is 24.0 Å². The van der Waals surface area contributed by atoms with Crippen LogP contribution in [0.4, 0.5) is 5.13 Å². The third-order valence-corrected chi connectivity index (χ3v) is 5.87. The fraction of sp³-hybridized carbons (Fsp3) is 0.208. The maximum Gasteiger partial charge on any atom is 0.267 e. The van der Waals surface area contributed by atoms with Crippen LogP contribution in [0.15, 0.2) is 60.8 Å². The first kappa shape index (κ1) is 20.0. The summed E-state index contributed by atoms with van der Waals surface area (Å²) >= 11 is 1.52. The number of nitrogens with zero attached hydrogens (tertiary/aromatic N) is 3. The zero-order valence-corrected chi connectivity index (χ0v) is 18.1. The molecular formula is C24H23N3O2S. The average Bonchev–Trinajstić information content (AvgIpc) is 3.16. The van der Waals surface area contributed by atoms with E-state index in [1.54, 1.807) is 11.1 Å². The molecule has 4 rings (SSSR count). The van der Waals surface area contributed by atoms with Gasteiger partial charge in [0.2, 0.25) is 0 Å². The SMILES string of the molecule is Cc1cc(C)c2nc(N(Cc3ccccn3)C(=O)COc3ccccc3C)sc2c1. The summed E-state index contributed by atoms with van der Waals surface area (Å²) in [5.41, 5.74) is 5.01. The molecule has 0 aliphatic heterocycles. The first-order valence-corrected chi connectivity index (χ1v) is 10.6. The van der Waals surface area contributed by atoms with Gasteiger partial charge in [-0.15, -0.1) is 0 Å². The lowest BCUT2D eigenvalue weighted by atomic mass is 10.1. The van der Waals surface area contributed by atoms with E-state index in [1.807, 2.05) is 56.3 Å². The van der Waals surface area contributed by atoms with Crippen LogP contribution in [0.25, 0.3) is 10.2 Å². The van der Waals surface area contributed by atoms with Crippen molar-refractivity contribution in [2.45, 2.75) is 27.3 Å². The molecule has 0 fully saturated rings. The van der Waals surface area contributed by atoms with E-state index >= 15 is 0 Å². The van der Waals surface area contributed by atoms with E-state index in [0.29, 0.717) is 17.4 Å². The van der Waals surface area contributed by atoms with Crippen LogP contribution in [-0.2, 0) is 11.3 Å². The summed E-state index contributed by atoms with van der Waals surface area (Å²) < 4.78 is 6.89. The monoisotopic (exact) mass is 417 g/mol. The smallest absolute Gasteiger partial charge is 0.267 e. The molecule has 5 nitrogen and oxygen atoms in total. The molecule has 0 saturated heterocycles. The van der Waals surface area contributed by atoms with Crippen LogP contribution in [0.3, 0.4) is 0 Å². The summed E-state index contributed by atoms with van der Waals surface area (Å²) in [6.45, 7) is 6.36. The largest absolute Gasteiger partial charge is 0.483 e. The zero-order chi connectivity index (χ0) is 21.1. The molecule has 2 aromatic carbocycles. The number of thiazole rings is 1. The number of anilines is 1. The van der Waals surface area contributed by atoms with Crippen molar-refractivity contribution in [3.05, 3.63) is 83.2 Å². The Hall–Kier alpha value is -3.25. The maximum absolute atomic E-state index is 13.2. The van der Waals surface area contributed by atoms with Crippen molar-refractivity contribution in [3.8, 4) is 5.75 Å². The average molecular weight is 418 g/mol. The lowest BCUT2D eigenvalue weighted by Crippen LogP contribution is -2.34. The zero-order valence-electron chi connectivity index (χ0n) is 17.3. The third-order valence-electron chi connectivity index (χ3n) is 4.84. The lowest BCUT2D eigenvalue weighted by Gasteiger charge is -2.20. The molecule has 0 unspecified atom stereocenters. The maximum atomic E-state index is 13.2. The van der Waals surface area contributed by atoms with Gasteiger partial charge < -0.3 is 4.74 Å². The van der Waals surface area contributed by atoms with Crippen LogP contribution in [0.5, 0.6) is 5.75 Å². The number of aryl methyl sites for hydroxylation is 3. The van der Waals surface area contributed by atoms with E-state index in [4.69, 9.17) is 9.72 Å². The normalized spacial score (nSPS) is 10.9. The van der Waals surface area contributed by atoms with E-state index in [-0.39, 0.29) is 12.5 Å². The molecule has 0 bridgehead atoms. The summed E-state index contributed by atoms with van der Waals surface area (Å²) in [5, 5.41) is 0.655. The molecule has 0 saturated carbocycles. The molecule has 0 atom stereocenters. The summed E-state index contributed by atoms with van der Waals surface area (Å²) in [6, 6.07) is 17.6. The quantitative estimate of drug-likeness (QED) is 0.431. The van der Waals surface area contributed by atoms with Gasteiger partial charge in [-0.05, 0) is 61.7 Å². The van der Waals surface area contributed by atoms with Crippen LogP contribution in [0.2, 0.25) is 0 Å². The Kier molecular flexibility index (Phi) is 5.77. The summed E-state index contributed by atoms with van der Waals surface area (Å²) in [6.07, 6.45) is 1.73. The Morgan fingerprint density at radius 2 is 1.83 bits per heavy atom. The third kappa shape index (κ3) is 4.33. The minimum absolute atomic E-state index is 0.0639. The molecule has 2 heterocycles. The van der Waals surface area contributed by atoms with Crippen LogP contribution < -0.4 is 9.64 Å². The first-order chi connectivity index (χ1) is 14.5. The molecule has 0 spiro atoms. The second kappa shape index (κ2) is 8.63. The van der Waals surface area contributed by atoms with Gasteiger partial charge in [-0.25, -0.2) is 4.98 Å². The fourth-order valence-electron chi connectivity index (χ4n) is 3.33. The molecule has 4 aromatic rings. The highest BCUT2D eigenvalue weighted by Gasteiger charge is 2.22. The highest BCUT2D eigenvalue weighted by molar-refractivity contribution is 7.22. The molecule has 30 heavy (non-hydrogen) atoms. The van der Waals surface area contributed by atoms with Crippen molar-refractivity contribution in [1.29, 1.82) is 0 Å². The molecule has 0 aliphatic rings. The summed E-state index contributed by atoms with van der Waals surface area (Å²) in [4.78, 5) is 24.0. The second-order valence-corrected chi connectivity index (χ2v) is 8.29. The Bertz CT molecular complexity index is 1190. The van der Waals surface area contributed by atoms with Gasteiger partial charge in [0.25, 0.3) is 5.91 Å². The Balaban J connectivity index is 1.65. The van der Waals surface area contributed by atoms with E-state index < -0.39 is 0 Å². The van der Waals surface area contributed by atoms with Gasteiger partial charge in [-0.1, -0.05) is 41.7 Å². The van der Waals surface area contributed by atoms with Crippen molar-refractivity contribution < 1.29 is 9.53 Å². The van der Waals surface area contributed by atoms with Gasteiger partial charge in [0, 0.05) is 6.20 Å². The number of para-hydroxylation sites is 1.